The van der Waals surface area contributed by atoms with Crippen molar-refractivity contribution in [3.05, 3.63) is 40.3 Å². The van der Waals surface area contributed by atoms with Crippen molar-refractivity contribution in [1.29, 1.82) is 0 Å². The van der Waals surface area contributed by atoms with Gasteiger partial charge in [-0.2, -0.15) is 0 Å². The number of hydrogen-bond donors (Lipinski definition) is 3. The third-order valence-electron chi connectivity index (χ3n) is 4.34. The van der Waals surface area contributed by atoms with E-state index in [1.807, 2.05) is 11.9 Å². The molecule has 1 fully saturated rings. The van der Waals surface area contributed by atoms with E-state index in [-0.39, 0.29) is 15.8 Å². The fraction of sp³-hybridized carbons (Fsp3) is 0.500. The summed E-state index contributed by atoms with van der Waals surface area (Å²) in [6.45, 7) is 4.55. The van der Waals surface area contributed by atoms with E-state index in [9.17, 15) is 13.6 Å². The van der Waals surface area contributed by atoms with Gasteiger partial charge in [-0.3, -0.25) is 9.52 Å². The molecule has 1 saturated carbocycles. The second-order valence-electron chi connectivity index (χ2n) is 7.35. The van der Waals surface area contributed by atoms with Crippen molar-refractivity contribution in [3.63, 3.8) is 0 Å². The molecule has 1 heterocycles. The second kappa shape index (κ2) is 11.5. The SMILES string of the molecule is CC(C)CSNC1CCCCC1.Nc1nc(N)c(C(=O)c2c(F)cccc2F)s1. The third kappa shape index (κ3) is 7.24. The number of nitrogen functional groups attached to an aromatic ring is 2. The number of carbonyl (C=O) groups excluding carboxylic acids is 1. The average molecular weight is 443 g/mol. The van der Waals surface area contributed by atoms with Crippen molar-refractivity contribution in [1.82, 2.24) is 9.71 Å². The van der Waals surface area contributed by atoms with Gasteiger partial charge >= 0.3 is 0 Å². The number of carbonyl (C=O) groups is 1. The van der Waals surface area contributed by atoms with Crippen LogP contribution in [0, 0.1) is 17.6 Å². The van der Waals surface area contributed by atoms with Crippen LogP contribution in [0.15, 0.2) is 18.2 Å². The molecule has 1 aromatic heterocycles. The number of rotatable bonds is 6. The Morgan fingerprint density at radius 3 is 2.38 bits per heavy atom. The lowest BCUT2D eigenvalue weighted by Gasteiger charge is -2.22. The Hall–Kier alpha value is -1.71. The molecule has 29 heavy (non-hydrogen) atoms. The zero-order valence-electron chi connectivity index (χ0n) is 16.7. The van der Waals surface area contributed by atoms with Gasteiger partial charge in [0.1, 0.15) is 22.3 Å². The van der Waals surface area contributed by atoms with E-state index in [4.69, 9.17) is 11.5 Å². The zero-order valence-corrected chi connectivity index (χ0v) is 18.3. The molecule has 0 unspecified atom stereocenters. The van der Waals surface area contributed by atoms with Crippen LogP contribution in [0.25, 0.3) is 0 Å². The fourth-order valence-corrected chi connectivity index (χ4v) is 4.49. The minimum Gasteiger partial charge on any atom is -0.382 e. The number of benzene rings is 1. The predicted octanol–water partition coefficient (Wildman–Crippen LogP) is 5.03. The smallest absolute Gasteiger partial charge is 0.212 e. The number of halogens is 2. The number of nitrogens with two attached hydrogens (primary N) is 2. The third-order valence-corrected chi connectivity index (χ3v) is 6.57. The van der Waals surface area contributed by atoms with E-state index in [0.717, 1.165) is 35.4 Å². The Bertz CT molecular complexity index is 788. The van der Waals surface area contributed by atoms with Crippen molar-refractivity contribution in [2.45, 2.75) is 52.0 Å². The van der Waals surface area contributed by atoms with Gasteiger partial charge in [0.15, 0.2) is 5.13 Å². The lowest BCUT2D eigenvalue weighted by atomic mass is 9.96. The molecule has 160 valence electrons. The van der Waals surface area contributed by atoms with Crippen LogP contribution in [0.3, 0.4) is 0 Å². The normalized spacial score (nSPS) is 14.5. The highest BCUT2D eigenvalue weighted by Crippen LogP contribution is 2.27. The van der Waals surface area contributed by atoms with Crippen molar-refractivity contribution in [3.8, 4) is 0 Å². The van der Waals surface area contributed by atoms with Crippen LogP contribution < -0.4 is 16.2 Å². The monoisotopic (exact) mass is 442 g/mol. The molecule has 3 rings (SSSR count). The summed E-state index contributed by atoms with van der Waals surface area (Å²) in [5, 5.41) is 0.0718. The highest BCUT2D eigenvalue weighted by atomic mass is 32.2. The van der Waals surface area contributed by atoms with E-state index in [2.05, 4.69) is 23.6 Å². The lowest BCUT2D eigenvalue weighted by Crippen LogP contribution is -2.26. The zero-order chi connectivity index (χ0) is 21.4. The van der Waals surface area contributed by atoms with Crippen LogP contribution >= 0.6 is 23.3 Å². The highest BCUT2D eigenvalue weighted by molar-refractivity contribution is 7.97. The summed E-state index contributed by atoms with van der Waals surface area (Å²) in [4.78, 5) is 15.4. The summed E-state index contributed by atoms with van der Waals surface area (Å²) in [5.41, 5.74) is 10.1. The topological polar surface area (TPSA) is 94.0 Å². The summed E-state index contributed by atoms with van der Waals surface area (Å²) in [6.07, 6.45) is 7.10. The van der Waals surface area contributed by atoms with Crippen LogP contribution in [-0.2, 0) is 0 Å². The molecular weight excluding hydrogens is 414 g/mol. The van der Waals surface area contributed by atoms with Crippen LogP contribution in [0.1, 0.15) is 61.2 Å². The maximum absolute atomic E-state index is 13.4. The molecule has 2 aromatic rings. The molecule has 1 aliphatic rings. The van der Waals surface area contributed by atoms with Gasteiger partial charge in [-0.05, 0) is 30.9 Å². The minimum absolute atomic E-state index is 0.0634. The van der Waals surface area contributed by atoms with Gasteiger partial charge < -0.3 is 11.5 Å². The summed E-state index contributed by atoms with van der Waals surface area (Å²) in [6, 6.07) is 3.97. The number of aromatic nitrogens is 1. The van der Waals surface area contributed by atoms with Gasteiger partial charge in [0.05, 0.1) is 5.56 Å². The molecule has 0 atom stereocenters. The number of nitrogens with one attached hydrogen (secondary N) is 1. The molecule has 9 heteroatoms. The molecule has 0 aliphatic heterocycles. The molecule has 0 saturated heterocycles. The predicted molar refractivity (Wildman–Crippen MR) is 118 cm³/mol. The molecule has 0 bridgehead atoms. The molecule has 0 amide bonds. The Labute approximate surface area is 178 Å². The van der Waals surface area contributed by atoms with Crippen LogP contribution in [-0.4, -0.2) is 22.6 Å². The van der Waals surface area contributed by atoms with Gasteiger partial charge in [-0.15, -0.1) is 0 Å². The quantitative estimate of drug-likeness (QED) is 0.429. The molecule has 5 nitrogen and oxygen atoms in total. The highest BCUT2D eigenvalue weighted by Gasteiger charge is 2.23. The first-order chi connectivity index (χ1) is 13.8. The van der Waals surface area contributed by atoms with E-state index >= 15 is 0 Å². The minimum atomic E-state index is -0.943. The van der Waals surface area contributed by atoms with Crippen molar-refractivity contribution in [2.24, 2.45) is 5.92 Å². The van der Waals surface area contributed by atoms with Crippen molar-refractivity contribution in [2.75, 3.05) is 17.2 Å². The van der Waals surface area contributed by atoms with Crippen LogP contribution in [0.2, 0.25) is 0 Å². The molecular formula is C20H28F2N4OS2. The Kier molecular flexibility index (Phi) is 9.32. The second-order valence-corrected chi connectivity index (χ2v) is 9.24. The molecule has 0 radical (unpaired) electrons. The number of thiazole rings is 1. The number of nitrogens with zero attached hydrogens (tertiary/aromatic N) is 1. The van der Waals surface area contributed by atoms with Gasteiger partial charge in [0.2, 0.25) is 5.78 Å². The molecule has 1 aromatic carbocycles. The van der Waals surface area contributed by atoms with E-state index in [0.29, 0.717) is 0 Å². The Balaban J connectivity index is 0.000000221. The molecule has 5 N–H and O–H groups in total. The lowest BCUT2D eigenvalue weighted by molar-refractivity contribution is 0.103. The molecule has 0 spiro atoms. The van der Waals surface area contributed by atoms with Crippen molar-refractivity contribution >= 4 is 40.0 Å². The number of hydrogen-bond acceptors (Lipinski definition) is 7. The van der Waals surface area contributed by atoms with Gasteiger partial charge in [0.25, 0.3) is 0 Å². The Morgan fingerprint density at radius 2 is 1.86 bits per heavy atom. The number of anilines is 2. The van der Waals surface area contributed by atoms with Crippen molar-refractivity contribution < 1.29 is 13.6 Å². The summed E-state index contributed by atoms with van der Waals surface area (Å²) in [5.74, 6) is -0.808. The van der Waals surface area contributed by atoms with Gasteiger partial charge in [-0.1, -0.05) is 62.5 Å². The number of ketones is 1. The van der Waals surface area contributed by atoms with Gasteiger partial charge in [-0.25, -0.2) is 13.8 Å². The van der Waals surface area contributed by atoms with Gasteiger partial charge in [0, 0.05) is 11.8 Å². The summed E-state index contributed by atoms with van der Waals surface area (Å²) in [7, 11) is 0. The first kappa shape index (κ1) is 23.6. The maximum Gasteiger partial charge on any atom is 0.212 e. The van der Waals surface area contributed by atoms with E-state index < -0.39 is 23.0 Å². The summed E-state index contributed by atoms with van der Waals surface area (Å²) < 4.78 is 30.3. The summed E-state index contributed by atoms with van der Waals surface area (Å²) >= 11 is 2.71. The fourth-order valence-electron chi connectivity index (χ4n) is 2.89. The van der Waals surface area contributed by atoms with E-state index in [1.54, 1.807) is 0 Å². The average Bonchev–Trinajstić information content (AvgIpc) is 3.01. The molecule has 1 aliphatic carbocycles. The largest absolute Gasteiger partial charge is 0.382 e. The van der Waals surface area contributed by atoms with Crippen LogP contribution in [0.5, 0.6) is 0 Å². The first-order valence-corrected chi connectivity index (χ1v) is 11.5. The van der Waals surface area contributed by atoms with E-state index in [1.165, 1.54) is 43.9 Å². The maximum atomic E-state index is 13.4. The standard InChI is InChI=1S/C10H7F2N3OS.C10H21NS/c11-4-2-1-3-5(12)6(4)7(16)8-9(13)15-10(14)17-8;1-9(2)8-12-11-10-6-4-3-5-7-10/h1-3H,13H2,(H2,14,15);9-11H,3-8H2,1-2H3. The Morgan fingerprint density at radius 1 is 1.24 bits per heavy atom. The van der Waals surface area contributed by atoms with Crippen LogP contribution in [0.4, 0.5) is 19.7 Å². The first-order valence-electron chi connectivity index (χ1n) is 9.67.